The Morgan fingerprint density at radius 2 is 1.08 bits per heavy atom. The second-order valence-corrected chi connectivity index (χ2v) is 16.2. The highest BCUT2D eigenvalue weighted by Crippen LogP contribution is 2.68. The van der Waals surface area contributed by atoms with Crippen LogP contribution in [-0.2, 0) is 9.59 Å². The molecule has 0 saturated heterocycles. The van der Waals surface area contributed by atoms with Crippen LogP contribution in [0.15, 0.2) is 109 Å². The molecule has 248 valence electrons. The lowest BCUT2D eigenvalue weighted by Gasteiger charge is -2.38. The number of amides is 2. The maximum absolute atomic E-state index is 12.9. The molecule has 3 aliphatic carbocycles. The van der Waals surface area contributed by atoms with E-state index in [1.54, 1.807) is 0 Å². The molecule has 0 aromatic heterocycles. The van der Waals surface area contributed by atoms with Crippen LogP contribution in [-0.4, -0.2) is 33.3 Å². The fraction of sp³-hybridized carbons (Fsp3) is 0.350. The molecule has 2 bridgehead atoms. The maximum atomic E-state index is 12.9. The van der Waals surface area contributed by atoms with Crippen LogP contribution in [0.4, 0.5) is 34.1 Å². The summed E-state index contributed by atoms with van der Waals surface area (Å²) in [6.45, 7) is 0. The molecule has 3 aliphatic rings. The van der Waals surface area contributed by atoms with E-state index in [1.807, 2.05) is 121 Å². The SMILES string of the molecule is O=C(CCSC1CC2(SCCC(=O)Nc3ccc(Nc4ccccc4)cc3)CC1C1CCCC12)Nc1ccc(Nc2ccccc2)cc1. The zero-order valence-electron chi connectivity index (χ0n) is 27.2. The number of anilines is 6. The van der Waals surface area contributed by atoms with Crippen molar-refractivity contribution >= 4 is 69.5 Å². The molecule has 4 N–H and O–H groups in total. The zero-order valence-corrected chi connectivity index (χ0v) is 28.8. The van der Waals surface area contributed by atoms with Crippen LogP contribution < -0.4 is 21.3 Å². The van der Waals surface area contributed by atoms with Gasteiger partial charge in [-0.15, -0.1) is 0 Å². The zero-order chi connectivity index (χ0) is 32.8. The van der Waals surface area contributed by atoms with E-state index in [1.165, 1.54) is 32.1 Å². The summed E-state index contributed by atoms with van der Waals surface area (Å²) in [6, 6.07) is 35.9. The van der Waals surface area contributed by atoms with E-state index in [4.69, 9.17) is 0 Å². The van der Waals surface area contributed by atoms with Crippen molar-refractivity contribution in [3.8, 4) is 0 Å². The highest BCUT2D eigenvalue weighted by molar-refractivity contribution is 8.01. The summed E-state index contributed by atoms with van der Waals surface area (Å²) in [7, 11) is 0. The van der Waals surface area contributed by atoms with Gasteiger partial charge in [0.1, 0.15) is 0 Å². The Hall–Kier alpha value is -3.88. The normalized spacial score (nSPS) is 23.8. The Labute approximate surface area is 292 Å². The van der Waals surface area contributed by atoms with Gasteiger partial charge in [0, 0.05) is 68.5 Å². The molecule has 3 saturated carbocycles. The Morgan fingerprint density at radius 1 is 0.583 bits per heavy atom. The first-order valence-electron chi connectivity index (χ1n) is 17.2. The van der Waals surface area contributed by atoms with Gasteiger partial charge in [-0.05, 0) is 116 Å². The van der Waals surface area contributed by atoms with E-state index in [9.17, 15) is 9.59 Å². The predicted octanol–water partition coefficient (Wildman–Crippen LogP) is 9.94. The molecule has 8 heteroatoms. The molecule has 6 nitrogen and oxygen atoms in total. The standard InChI is InChI=1S/C40H44N4O2S2/c45-38(43-32-18-14-30(15-19-32)41-28-8-3-1-4-9-28)22-24-47-37-27-40(26-35(37)34-12-7-13-36(34)40)48-25-23-39(46)44-33-20-16-31(17-21-33)42-29-10-5-2-6-11-29/h1-6,8-11,14-21,34-37,41-42H,7,12-13,22-27H2,(H,43,45)(H,44,46). The first-order valence-corrected chi connectivity index (χ1v) is 19.3. The van der Waals surface area contributed by atoms with E-state index in [2.05, 4.69) is 33.0 Å². The summed E-state index contributed by atoms with van der Waals surface area (Å²) in [6.07, 6.45) is 7.56. The van der Waals surface area contributed by atoms with E-state index in [0.29, 0.717) is 22.8 Å². The molecule has 48 heavy (non-hydrogen) atoms. The Balaban J connectivity index is 0.847. The third-order valence-corrected chi connectivity index (χ3v) is 13.2. The number of carbonyl (C=O) groups excluding carboxylic acids is 2. The second kappa shape index (κ2) is 15.1. The number of rotatable bonds is 14. The number of fused-ring (bicyclic) bond motifs is 5. The van der Waals surface area contributed by atoms with Crippen molar-refractivity contribution in [2.45, 2.75) is 54.9 Å². The summed E-state index contributed by atoms with van der Waals surface area (Å²) in [5, 5.41) is 13.6. The van der Waals surface area contributed by atoms with Gasteiger partial charge in [0.05, 0.1) is 0 Å². The minimum Gasteiger partial charge on any atom is -0.356 e. The molecular weight excluding hydrogens is 633 g/mol. The topological polar surface area (TPSA) is 82.3 Å². The average Bonchev–Trinajstić information content (AvgIpc) is 3.81. The maximum Gasteiger partial charge on any atom is 0.225 e. The minimum absolute atomic E-state index is 0.0744. The number of benzene rings is 4. The van der Waals surface area contributed by atoms with Crippen LogP contribution >= 0.6 is 23.5 Å². The number of carbonyl (C=O) groups is 2. The van der Waals surface area contributed by atoms with Gasteiger partial charge >= 0.3 is 0 Å². The lowest BCUT2D eigenvalue weighted by Crippen LogP contribution is -2.36. The summed E-state index contributed by atoms with van der Waals surface area (Å²) < 4.78 is 0.298. The minimum atomic E-state index is 0.0744. The van der Waals surface area contributed by atoms with Crippen LogP contribution in [0.25, 0.3) is 0 Å². The number of hydrogen-bond donors (Lipinski definition) is 4. The van der Waals surface area contributed by atoms with Crippen LogP contribution in [0.5, 0.6) is 0 Å². The molecule has 0 radical (unpaired) electrons. The molecular formula is C40H44N4O2S2. The Kier molecular flexibility index (Phi) is 10.3. The van der Waals surface area contributed by atoms with E-state index in [0.717, 1.165) is 63.4 Å². The van der Waals surface area contributed by atoms with Crippen molar-refractivity contribution in [2.24, 2.45) is 17.8 Å². The molecule has 4 aromatic rings. The van der Waals surface area contributed by atoms with Crippen molar-refractivity contribution in [1.29, 1.82) is 0 Å². The number of hydrogen-bond acceptors (Lipinski definition) is 6. The van der Waals surface area contributed by atoms with E-state index < -0.39 is 0 Å². The molecule has 4 aromatic carbocycles. The summed E-state index contributed by atoms with van der Waals surface area (Å²) in [4.78, 5) is 25.7. The first kappa shape index (κ1) is 32.7. The number of thioether (sulfide) groups is 2. The molecule has 5 unspecified atom stereocenters. The Morgan fingerprint density at radius 3 is 1.65 bits per heavy atom. The summed E-state index contributed by atoms with van der Waals surface area (Å²) in [5.41, 5.74) is 5.72. The van der Waals surface area contributed by atoms with E-state index in [-0.39, 0.29) is 11.8 Å². The average molecular weight is 677 g/mol. The van der Waals surface area contributed by atoms with Gasteiger partial charge in [-0.25, -0.2) is 0 Å². The monoisotopic (exact) mass is 676 g/mol. The van der Waals surface area contributed by atoms with Crippen LogP contribution in [0, 0.1) is 17.8 Å². The van der Waals surface area contributed by atoms with Crippen molar-refractivity contribution in [1.82, 2.24) is 0 Å². The summed E-state index contributed by atoms with van der Waals surface area (Å²) in [5.74, 6) is 4.22. The second-order valence-electron chi connectivity index (χ2n) is 13.3. The van der Waals surface area contributed by atoms with Crippen molar-refractivity contribution in [3.63, 3.8) is 0 Å². The molecule has 2 amide bonds. The lowest BCUT2D eigenvalue weighted by atomic mass is 9.81. The third kappa shape index (κ3) is 7.87. The van der Waals surface area contributed by atoms with Gasteiger partial charge in [-0.2, -0.15) is 23.5 Å². The van der Waals surface area contributed by atoms with Crippen molar-refractivity contribution in [3.05, 3.63) is 109 Å². The van der Waals surface area contributed by atoms with Gasteiger partial charge in [0.25, 0.3) is 0 Å². The molecule has 0 heterocycles. The molecule has 5 atom stereocenters. The lowest BCUT2D eigenvalue weighted by molar-refractivity contribution is -0.116. The number of para-hydroxylation sites is 2. The fourth-order valence-corrected chi connectivity index (χ4v) is 11.6. The van der Waals surface area contributed by atoms with Gasteiger partial charge in [0.2, 0.25) is 11.8 Å². The van der Waals surface area contributed by atoms with Crippen molar-refractivity contribution < 1.29 is 9.59 Å². The van der Waals surface area contributed by atoms with Crippen LogP contribution in [0.2, 0.25) is 0 Å². The highest BCUT2D eigenvalue weighted by Gasteiger charge is 2.62. The quantitative estimate of drug-likeness (QED) is 0.106. The van der Waals surface area contributed by atoms with Crippen LogP contribution in [0.1, 0.15) is 44.9 Å². The van der Waals surface area contributed by atoms with Gasteiger partial charge in [-0.3, -0.25) is 9.59 Å². The molecule has 0 spiro atoms. The number of nitrogens with one attached hydrogen (secondary N) is 4. The van der Waals surface area contributed by atoms with Gasteiger partial charge < -0.3 is 21.3 Å². The fourth-order valence-electron chi connectivity index (χ4n) is 8.14. The summed E-state index contributed by atoms with van der Waals surface area (Å²) >= 11 is 4.08. The third-order valence-electron chi connectivity index (χ3n) is 10.2. The predicted molar refractivity (Wildman–Crippen MR) is 204 cm³/mol. The molecule has 3 fully saturated rings. The smallest absolute Gasteiger partial charge is 0.225 e. The molecule has 7 rings (SSSR count). The first-order chi connectivity index (χ1) is 23.5. The largest absolute Gasteiger partial charge is 0.356 e. The van der Waals surface area contributed by atoms with Gasteiger partial charge in [-0.1, -0.05) is 42.8 Å². The Bertz CT molecular complexity index is 1670. The van der Waals surface area contributed by atoms with Gasteiger partial charge in [0.15, 0.2) is 0 Å². The highest BCUT2D eigenvalue weighted by atomic mass is 32.2. The van der Waals surface area contributed by atoms with Crippen LogP contribution in [0.3, 0.4) is 0 Å². The van der Waals surface area contributed by atoms with E-state index >= 15 is 0 Å². The van der Waals surface area contributed by atoms with Crippen molar-refractivity contribution in [2.75, 3.05) is 32.8 Å². The molecule has 0 aliphatic heterocycles.